The van der Waals surface area contributed by atoms with Crippen molar-refractivity contribution in [2.75, 3.05) is 0 Å². The number of pyridine rings is 2. The molecule has 0 spiro atoms. The number of halogens is 6. The number of nitrogens with zero attached hydrogens (tertiary/aromatic N) is 2. The number of ether oxygens (including phenoxy) is 1. The van der Waals surface area contributed by atoms with Crippen LogP contribution in [0.5, 0.6) is 0 Å². The summed E-state index contributed by atoms with van der Waals surface area (Å²) >= 11 is 0. The van der Waals surface area contributed by atoms with Crippen molar-refractivity contribution < 1.29 is 40.7 Å². The Hall–Kier alpha value is -2.98. The number of hydrogen-bond acceptors (Lipinski definition) is 5. The van der Waals surface area contributed by atoms with Gasteiger partial charge in [-0.25, -0.2) is 9.59 Å². The fourth-order valence-electron chi connectivity index (χ4n) is 1.62. The van der Waals surface area contributed by atoms with Crippen molar-refractivity contribution in [3.8, 4) is 0 Å². The quantitative estimate of drug-likeness (QED) is 0.463. The van der Waals surface area contributed by atoms with E-state index in [-0.39, 0.29) is 0 Å². The molecule has 2 aromatic heterocycles. The summed E-state index contributed by atoms with van der Waals surface area (Å²) in [6.07, 6.45) is -7.22. The molecule has 0 aromatic carbocycles. The van der Waals surface area contributed by atoms with Crippen LogP contribution in [-0.2, 0) is 17.1 Å². The van der Waals surface area contributed by atoms with Gasteiger partial charge in [-0.3, -0.25) is 9.97 Å². The SMILES string of the molecule is O=C(OC(=O)c1cncc(C(F)(F)F)c1)c1cncc(C(F)(F)F)c1. The lowest BCUT2D eigenvalue weighted by molar-refractivity contribution is -0.138. The number of alkyl halides is 6. The Kier molecular flexibility index (Phi) is 4.77. The van der Waals surface area contributed by atoms with E-state index in [0.717, 1.165) is 12.4 Å². The summed E-state index contributed by atoms with van der Waals surface area (Å²) < 4.78 is 79.5. The minimum absolute atomic E-state index is 0.396. The average Bonchev–Trinajstić information content (AvgIpc) is 2.53. The molecule has 0 aliphatic rings. The van der Waals surface area contributed by atoms with Crippen LogP contribution in [0.2, 0.25) is 0 Å². The van der Waals surface area contributed by atoms with Crippen molar-refractivity contribution >= 4 is 11.9 Å². The van der Waals surface area contributed by atoms with Gasteiger partial charge in [0.1, 0.15) is 0 Å². The van der Waals surface area contributed by atoms with Gasteiger partial charge in [0, 0.05) is 24.8 Å². The molecule has 2 aromatic rings. The molecule has 2 rings (SSSR count). The van der Waals surface area contributed by atoms with E-state index in [2.05, 4.69) is 14.7 Å². The zero-order chi connectivity index (χ0) is 18.8. The molecule has 0 aliphatic heterocycles. The molecule has 0 N–H and O–H groups in total. The molecule has 0 atom stereocenters. The highest BCUT2D eigenvalue weighted by atomic mass is 19.4. The molecule has 0 bridgehead atoms. The number of hydrogen-bond donors (Lipinski definition) is 0. The average molecular weight is 364 g/mol. The van der Waals surface area contributed by atoms with Crippen LogP contribution in [0, 0.1) is 0 Å². The summed E-state index contributed by atoms with van der Waals surface area (Å²) in [5.74, 6) is -3.00. The lowest BCUT2D eigenvalue weighted by Crippen LogP contribution is -2.16. The maximum atomic E-state index is 12.5. The predicted molar refractivity (Wildman–Crippen MR) is 68.2 cm³/mol. The van der Waals surface area contributed by atoms with Crippen molar-refractivity contribution in [2.45, 2.75) is 12.4 Å². The van der Waals surface area contributed by atoms with E-state index in [1.807, 2.05) is 0 Å². The molecule has 0 unspecified atom stereocenters. The highest BCUT2D eigenvalue weighted by molar-refractivity contribution is 6.02. The Morgan fingerprint density at radius 1 is 0.720 bits per heavy atom. The van der Waals surface area contributed by atoms with Crippen LogP contribution in [0.4, 0.5) is 26.3 Å². The van der Waals surface area contributed by atoms with Gasteiger partial charge in [-0.15, -0.1) is 0 Å². The summed E-state index contributed by atoms with van der Waals surface area (Å²) in [5.41, 5.74) is -3.89. The zero-order valence-corrected chi connectivity index (χ0v) is 11.9. The minimum Gasteiger partial charge on any atom is -0.386 e. The van der Waals surface area contributed by atoms with Crippen LogP contribution in [-0.4, -0.2) is 21.9 Å². The topological polar surface area (TPSA) is 69.2 Å². The number of aromatic nitrogens is 2. The van der Waals surface area contributed by atoms with Crippen LogP contribution in [0.25, 0.3) is 0 Å². The molecule has 0 fully saturated rings. The molecular weight excluding hydrogens is 358 g/mol. The predicted octanol–water partition coefficient (Wildman–Crippen LogP) is 3.51. The van der Waals surface area contributed by atoms with Gasteiger partial charge in [0.2, 0.25) is 0 Å². The number of rotatable bonds is 2. The van der Waals surface area contributed by atoms with E-state index >= 15 is 0 Å². The van der Waals surface area contributed by atoms with Crippen LogP contribution in [0.15, 0.2) is 36.9 Å². The largest absolute Gasteiger partial charge is 0.417 e. The van der Waals surface area contributed by atoms with Crippen molar-refractivity contribution in [3.05, 3.63) is 59.2 Å². The molecule has 5 nitrogen and oxygen atoms in total. The van der Waals surface area contributed by atoms with Gasteiger partial charge in [0.05, 0.1) is 22.3 Å². The van der Waals surface area contributed by atoms with E-state index in [9.17, 15) is 35.9 Å². The van der Waals surface area contributed by atoms with Crippen LogP contribution in [0.3, 0.4) is 0 Å². The Morgan fingerprint density at radius 3 is 1.40 bits per heavy atom. The zero-order valence-electron chi connectivity index (χ0n) is 11.9. The summed E-state index contributed by atoms with van der Waals surface area (Å²) in [7, 11) is 0. The van der Waals surface area contributed by atoms with Gasteiger partial charge in [-0.05, 0) is 12.1 Å². The highest BCUT2D eigenvalue weighted by Crippen LogP contribution is 2.30. The maximum absolute atomic E-state index is 12.5. The molecule has 2 heterocycles. The van der Waals surface area contributed by atoms with E-state index in [1.54, 1.807) is 0 Å². The van der Waals surface area contributed by atoms with Gasteiger partial charge >= 0.3 is 24.3 Å². The number of carbonyl (C=O) groups excluding carboxylic acids is 2. The Labute approximate surface area is 135 Å². The second kappa shape index (κ2) is 6.49. The molecule has 0 saturated heterocycles. The lowest BCUT2D eigenvalue weighted by Gasteiger charge is -2.09. The molecular formula is C14H6F6N2O3. The van der Waals surface area contributed by atoms with Gasteiger partial charge in [0.15, 0.2) is 0 Å². The van der Waals surface area contributed by atoms with E-state index < -0.39 is 46.5 Å². The number of carbonyl (C=O) groups is 2. The second-order valence-corrected chi connectivity index (χ2v) is 4.60. The minimum atomic E-state index is -4.78. The third-order valence-electron chi connectivity index (χ3n) is 2.79. The first-order valence-corrected chi connectivity index (χ1v) is 6.29. The monoisotopic (exact) mass is 364 g/mol. The standard InChI is InChI=1S/C14H6F6N2O3/c15-13(16,17)9-1-7(3-21-5-9)11(23)25-12(24)8-2-10(6-22-4-8)14(18,19)20/h1-6H. The maximum Gasteiger partial charge on any atom is 0.417 e. The van der Waals surface area contributed by atoms with Crippen molar-refractivity contribution in [1.82, 2.24) is 9.97 Å². The first-order chi connectivity index (χ1) is 11.5. The van der Waals surface area contributed by atoms with E-state index in [0.29, 0.717) is 24.5 Å². The first-order valence-electron chi connectivity index (χ1n) is 6.29. The Morgan fingerprint density at radius 2 is 1.08 bits per heavy atom. The normalized spacial score (nSPS) is 11.9. The van der Waals surface area contributed by atoms with Gasteiger partial charge in [-0.2, -0.15) is 26.3 Å². The molecule has 0 saturated carbocycles. The Balaban J connectivity index is 2.20. The van der Waals surface area contributed by atoms with Crippen molar-refractivity contribution in [3.63, 3.8) is 0 Å². The van der Waals surface area contributed by atoms with Gasteiger partial charge < -0.3 is 4.74 Å². The molecule has 132 valence electrons. The fraction of sp³-hybridized carbons (Fsp3) is 0.143. The van der Waals surface area contributed by atoms with E-state index in [4.69, 9.17) is 0 Å². The molecule has 25 heavy (non-hydrogen) atoms. The third-order valence-corrected chi connectivity index (χ3v) is 2.79. The van der Waals surface area contributed by atoms with E-state index in [1.165, 1.54) is 0 Å². The highest BCUT2D eigenvalue weighted by Gasteiger charge is 2.33. The second-order valence-electron chi connectivity index (χ2n) is 4.60. The molecule has 0 radical (unpaired) electrons. The van der Waals surface area contributed by atoms with Crippen molar-refractivity contribution in [1.29, 1.82) is 0 Å². The summed E-state index contributed by atoms with van der Waals surface area (Å²) in [6, 6.07) is 0.792. The fourth-order valence-corrected chi connectivity index (χ4v) is 1.62. The molecule has 0 aliphatic carbocycles. The first kappa shape index (κ1) is 18.4. The summed E-state index contributed by atoms with van der Waals surface area (Å²) in [5, 5.41) is 0. The smallest absolute Gasteiger partial charge is 0.386 e. The summed E-state index contributed by atoms with van der Waals surface area (Å²) in [4.78, 5) is 29.8. The van der Waals surface area contributed by atoms with Gasteiger partial charge in [0.25, 0.3) is 0 Å². The van der Waals surface area contributed by atoms with Crippen LogP contribution < -0.4 is 0 Å². The molecule has 0 amide bonds. The molecule has 11 heteroatoms. The number of esters is 2. The summed E-state index contributed by atoms with van der Waals surface area (Å²) in [6.45, 7) is 0. The Bertz CT molecular complexity index is 749. The third kappa shape index (κ3) is 4.52. The lowest BCUT2D eigenvalue weighted by atomic mass is 10.2. The van der Waals surface area contributed by atoms with Crippen LogP contribution >= 0.6 is 0 Å². The van der Waals surface area contributed by atoms with Gasteiger partial charge in [-0.1, -0.05) is 0 Å². The van der Waals surface area contributed by atoms with Crippen LogP contribution in [0.1, 0.15) is 31.8 Å². The van der Waals surface area contributed by atoms with Crippen molar-refractivity contribution in [2.24, 2.45) is 0 Å².